The molecule has 3 rings (SSSR count). The van der Waals surface area contributed by atoms with Gasteiger partial charge in [0.2, 0.25) is 0 Å². The maximum absolute atomic E-state index is 12.6. The average Bonchev–Trinajstić information content (AvgIpc) is 2.66. The van der Waals surface area contributed by atoms with Crippen LogP contribution in [0.15, 0.2) is 54.9 Å². The molecule has 0 aliphatic heterocycles. The first-order valence-electron chi connectivity index (χ1n) is 9.22. The highest BCUT2D eigenvalue weighted by atomic mass is 16.1. The first kappa shape index (κ1) is 19.5. The predicted molar refractivity (Wildman–Crippen MR) is 111 cm³/mol. The molecule has 0 aliphatic rings. The molecule has 1 aromatic carbocycles. The standard InChI is InChI=1S/C22H25N5O/c1-15-25-19(21(28)24-14-16-8-7-11-23-13-16)12-20(26-15)27-18-10-6-5-9-17(18)22(2,3)4/h5-13H,14H2,1-4H3,(H,24,28)(H,25,26,27). The molecule has 0 fully saturated rings. The van der Waals surface area contributed by atoms with Crippen LogP contribution in [0.3, 0.4) is 0 Å². The Balaban J connectivity index is 1.80. The van der Waals surface area contributed by atoms with E-state index in [0.717, 1.165) is 11.3 Å². The van der Waals surface area contributed by atoms with Crippen LogP contribution in [0.1, 0.15) is 48.2 Å². The Kier molecular flexibility index (Phi) is 5.68. The van der Waals surface area contributed by atoms with Crippen molar-refractivity contribution in [3.8, 4) is 0 Å². The van der Waals surface area contributed by atoms with Gasteiger partial charge in [0.1, 0.15) is 17.3 Å². The Morgan fingerprint density at radius 1 is 1.07 bits per heavy atom. The number of para-hydroxylation sites is 1. The summed E-state index contributed by atoms with van der Waals surface area (Å²) in [4.78, 5) is 25.3. The molecule has 6 heteroatoms. The quantitative estimate of drug-likeness (QED) is 0.700. The third-order valence-electron chi connectivity index (χ3n) is 4.24. The highest BCUT2D eigenvalue weighted by Crippen LogP contribution is 2.30. The lowest BCUT2D eigenvalue weighted by molar-refractivity contribution is 0.0945. The number of hydrogen-bond acceptors (Lipinski definition) is 5. The van der Waals surface area contributed by atoms with E-state index < -0.39 is 0 Å². The van der Waals surface area contributed by atoms with Gasteiger partial charge in [0, 0.05) is 30.7 Å². The van der Waals surface area contributed by atoms with Gasteiger partial charge in [-0.1, -0.05) is 45.0 Å². The SMILES string of the molecule is Cc1nc(Nc2ccccc2C(C)(C)C)cc(C(=O)NCc2cccnc2)n1. The molecule has 3 aromatic rings. The molecule has 2 N–H and O–H groups in total. The van der Waals surface area contributed by atoms with Gasteiger partial charge in [0.15, 0.2) is 0 Å². The Morgan fingerprint density at radius 3 is 2.57 bits per heavy atom. The number of carbonyl (C=O) groups excluding carboxylic acids is 1. The zero-order chi connectivity index (χ0) is 20.1. The molecule has 0 saturated heterocycles. The van der Waals surface area contributed by atoms with Gasteiger partial charge >= 0.3 is 0 Å². The molecule has 0 spiro atoms. The number of amides is 1. The van der Waals surface area contributed by atoms with E-state index in [1.807, 2.05) is 30.3 Å². The van der Waals surface area contributed by atoms with Gasteiger partial charge in [-0.3, -0.25) is 9.78 Å². The second kappa shape index (κ2) is 8.17. The highest BCUT2D eigenvalue weighted by Gasteiger charge is 2.18. The summed E-state index contributed by atoms with van der Waals surface area (Å²) in [5, 5.41) is 6.22. The van der Waals surface area contributed by atoms with E-state index in [0.29, 0.717) is 23.9 Å². The van der Waals surface area contributed by atoms with Crippen molar-refractivity contribution < 1.29 is 4.79 Å². The average molecular weight is 375 g/mol. The number of anilines is 2. The molecule has 0 aliphatic carbocycles. The Morgan fingerprint density at radius 2 is 1.86 bits per heavy atom. The van der Waals surface area contributed by atoms with Crippen molar-refractivity contribution in [2.45, 2.75) is 39.7 Å². The second-order valence-corrected chi connectivity index (χ2v) is 7.65. The van der Waals surface area contributed by atoms with Crippen molar-refractivity contribution in [1.29, 1.82) is 0 Å². The third-order valence-corrected chi connectivity index (χ3v) is 4.24. The number of carbonyl (C=O) groups is 1. The smallest absolute Gasteiger partial charge is 0.270 e. The van der Waals surface area contributed by atoms with E-state index in [4.69, 9.17) is 0 Å². The lowest BCUT2D eigenvalue weighted by Crippen LogP contribution is -2.24. The minimum atomic E-state index is -0.249. The van der Waals surface area contributed by atoms with Gasteiger partial charge < -0.3 is 10.6 Å². The van der Waals surface area contributed by atoms with E-state index in [1.54, 1.807) is 25.4 Å². The van der Waals surface area contributed by atoms with Crippen LogP contribution in [-0.4, -0.2) is 20.9 Å². The van der Waals surface area contributed by atoms with Crippen LogP contribution in [0.5, 0.6) is 0 Å². The Bertz CT molecular complexity index is 964. The number of rotatable bonds is 5. The monoisotopic (exact) mass is 375 g/mol. The van der Waals surface area contributed by atoms with Crippen molar-refractivity contribution >= 4 is 17.4 Å². The lowest BCUT2D eigenvalue weighted by Gasteiger charge is -2.23. The molecule has 2 heterocycles. The first-order valence-corrected chi connectivity index (χ1v) is 9.22. The molecule has 0 bridgehead atoms. The fraction of sp³-hybridized carbons (Fsp3) is 0.273. The molecule has 1 amide bonds. The van der Waals surface area contributed by atoms with Crippen molar-refractivity contribution in [3.63, 3.8) is 0 Å². The molecule has 2 aromatic heterocycles. The van der Waals surface area contributed by atoms with E-state index in [9.17, 15) is 4.79 Å². The minimum absolute atomic E-state index is 0.0183. The number of nitrogens with zero attached hydrogens (tertiary/aromatic N) is 3. The van der Waals surface area contributed by atoms with Crippen LogP contribution in [-0.2, 0) is 12.0 Å². The van der Waals surface area contributed by atoms with Crippen LogP contribution in [0, 0.1) is 6.92 Å². The molecule has 0 atom stereocenters. The largest absolute Gasteiger partial charge is 0.347 e. The predicted octanol–water partition coefficient (Wildman–Crippen LogP) is 4.15. The van der Waals surface area contributed by atoms with Crippen LogP contribution in [0.4, 0.5) is 11.5 Å². The third kappa shape index (κ3) is 4.91. The number of aryl methyl sites for hydroxylation is 1. The summed E-state index contributed by atoms with van der Waals surface area (Å²) >= 11 is 0. The number of aromatic nitrogens is 3. The van der Waals surface area contributed by atoms with Crippen LogP contribution in [0.25, 0.3) is 0 Å². The van der Waals surface area contributed by atoms with Gasteiger partial charge in [-0.15, -0.1) is 0 Å². The molecule has 0 unspecified atom stereocenters. The van der Waals surface area contributed by atoms with Crippen LogP contribution >= 0.6 is 0 Å². The minimum Gasteiger partial charge on any atom is -0.347 e. The fourth-order valence-electron chi connectivity index (χ4n) is 2.91. The lowest BCUT2D eigenvalue weighted by atomic mass is 9.86. The second-order valence-electron chi connectivity index (χ2n) is 7.65. The zero-order valence-corrected chi connectivity index (χ0v) is 16.7. The molecular weight excluding hydrogens is 350 g/mol. The van der Waals surface area contributed by atoms with E-state index in [2.05, 4.69) is 52.4 Å². The normalized spacial score (nSPS) is 11.1. The molecule has 0 radical (unpaired) electrons. The Hall–Kier alpha value is -3.28. The summed E-state index contributed by atoms with van der Waals surface area (Å²) in [6.45, 7) is 8.66. The van der Waals surface area contributed by atoms with Crippen LogP contribution < -0.4 is 10.6 Å². The van der Waals surface area contributed by atoms with Crippen LogP contribution in [0.2, 0.25) is 0 Å². The van der Waals surface area contributed by atoms with E-state index >= 15 is 0 Å². The van der Waals surface area contributed by atoms with Gasteiger partial charge in [-0.25, -0.2) is 9.97 Å². The fourth-order valence-corrected chi connectivity index (χ4v) is 2.91. The van der Waals surface area contributed by atoms with Gasteiger partial charge in [-0.05, 0) is 35.6 Å². The topological polar surface area (TPSA) is 79.8 Å². The summed E-state index contributed by atoms with van der Waals surface area (Å²) in [6, 6.07) is 13.5. The van der Waals surface area contributed by atoms with E-state index in [1.165, 1.54) is 5.56 Å². The van der Waals surface area contributed by atoms with Crippen molar-refractivity contribution in [3.05, 3.63) is 77.5 Å². The zero-order valence-electron chi connectivity index (χ0n) is 16.7. The van der Waals surface area contributed by atoms with E-state index in [-0.39, 0.29) is 11.3 Å². The molecule has 6 nitrogen and oxygen atoms in total. The maximum Gasteiger partial charge on any atom is 0.270 e. The first-order chi connectivity index (χ1) is 13.3. The Labute approximate surface area is 165 Å². The summed E-state index contributed by atoms with van der Waals surface area (Å²) < 4.78 is 0. The number of pyridine rings is 1. The number of nitrogens with one attached hydrogen (secondary N) is 2. The summed E-state index contributed by atoms with van der Waals surface area (Å²) in [5.74, 6) is 0.877. The van der Waals surface area contributed by atoms with Gasteiger partial charge in [0.25, 0.3) is 5.91 Å². The summed E-state index contributed by atoms with van der Waals surface area (Å²) in [5.41, 5.74) is 3.38. The number of hydrogen-bond donors (Lipinski definition) is 2. The molecule has 0 saturated carbocycles. The number of benzene rings is 1. The van der Waals surface area contributed by atoms with Crippen molar-refractivity contribution in [1.82, 2.24) is 20.3 Å². The maximum atomic E-state index is 12.6. The van der Waals surface area contributed by atoms with Gasteiger partial charge in [0.05, 0.1) is 0 Å². The van der Waals surface area contributed by atoms with Gasteiger partial charge in [-0.2, -0.15) is 0 Å². The summed E-state index contributed by atoms with van der Waals surface area (Å²) in [6.07, 6.45) is 3.42. The molecule has 28 heavy (non-hydrogen) atoms. The summed E-state index contributed by atoms with van der Waals surface area (Å²) in [7, 11) is 0. The highest BCUT2D eigenvalue weighted by molar-refractivity contribution is 5.93. The van der Waals surface area contributed by atoms with Crippen molar-refractivity contribution in [2.75, 3.05) is 5.32 Å². The molecule has 144 valence electrons. The molecular formula is C22H25N5O. The van der Waals surface area contributed by atoms with Crippen molar-refractivity contribution in [2.24, 2.45) is 0 Å².